The van der Waals surface area contributed by atoms with Gasteiger partial charge in [0.05, 0.1) is 29.4 Å². The predicted molar refractivity (Wildman–Crippen MR) is 105 cm³/mol. The van der Waals surface area contributed by atoms with E-state index in [2.05, 4.69) is 13.8 Å². The smallest absolute Gasteiger partial charge is 0.338 e. The van der Waals surface area contributed by atoms with Gasteiger partial charge in [0, 0.05) is 11.6 Å². The van der Waals surface area contributed by atoms with Crippen molar-refractivity contribution < 1.29 is 23.9 Å². The molecular formula is C22H27NO5. The molecular weight excluding hydrogens is 358 g/mol. The van der Waals surface area contributed by atoms with Crippen LogP contribution in [0.25, 0.3) is 0 Å². The van der Waals surface area contributed by atoms with Crippen LogP contribution in [0.2, 0.25) is 0 Å². The number of carbonyl (C=O) groups excluding carboxylic acids is 3. The Balaban J connectivity index is 1.64. The average Bonchev–Trinajstić information content (AvgIpc) is 2.94. The number of benzene rings is 1. The second-order valence-electron chi connectivity index (χ2n) is 7.63. The summed E-state index contributed by atoms with van der Waals surface area (Å²) in [6.07, 6.45) is 5.45. The molecule has 6 heteroatoms. The first-order valence-electron chi connectivity index (χ1n) is 9.87. The Morgan fingerprint density at radius 3 is 2.43 bits per heavy atom. The van der Waals surface area contributed by atoms with Crippen molar-refractivity contribution >= 4 is 23.5 Å². The Morgan fingerprint density at radius 2 is 1.93 bits per heavy atom. The van der Waals surface area contributed by atoms with E-state index in [0.717, 1.165) is 30.6 Å². The maximum atomic E-state index is 12.5. The Kier molecular flexibility index (Phi) is 5.98. The fourth-order valence-electron chi connectivity index (χ4n) is 3.90. The summed E-state index contributed by atoms with van der Waals surface area (Å²) < 4.78 is 11.3. The summed E-state index contributed by atoms with van der Waals surface area (Å²) in [6, 6.07) is 6.35. The molecule has 0 spiro atoms. The molecule has 2 aliphatic rings. The highest BCUT2D eigenvalue weighted by molar-refractivity contribution is 6.30. The molecule has 1 fully saturated rings. The average molecular weight is 385 g/mol. The van der Waals surface area contributed by atoms with Gasteiger partial charge in [-0.15, -0.1) is 0 Å². The molecule has 0 bridgehead atoms. The first-order chi connectivity index (χ1) is 13.4. The van der Waals surface area contributed by atoms with Gasteiger partial charge in [0.15, 0.2) is 0 Å². The predicted octanol–water partition coefficient (Wildman–Crippen LogP) is 3.65. The number of nitrogens with zero attached hydrogens (tertiary/aromatic N) is 1. The third kappa shape index (κ3) is 3.74. The van der Waals surface area contributed by atoms with Crippen LogP contribution < -0.4 is 4.90 Å². The zero-order valence-corrected chi connectivity index (χ0v) is 16.7. The molecule has 0 aromatic heterocycles. The molecule has 3 rings (SSSR count). The molecule has 0 radical (unpaired) electrons. The lowest BCUT2D eigenvalue weighted by Crippen LogP contribution is -2.55. The van der Waals surface area contributed by atoms with Crippen LogP contribution >= 0.6 is 0 Å². The summed E-state index contributed by atoms with van der Waals surface area (Å²) >= 11 is 0. The molecule has 0 N–H and O–H groups in total. The SMILES string of the molecule is CCCC1OCC1(CCC)COC(=O)c1ccc(N2C(=O)C=C(C)C2=O)cc1. The van der Waals surface area contributed by atoms with Gasteiger partial charge in [-0.2, -0.15) is 0 Å². The minimum Gasteiger partial charge on any atom is -0.461 e. The molecule has 6 nitrogen and oxygen atoms in total. The van der Waals surface area contributed by atoms with E-state index in [9.17, 15) is 14.4 Å². The summed E-state index contributed by atoms with van der Waals surface area (Å²) in [5.74, 6) is -1.11. The molecule has 2 heterocycles. The lowest BCUT2D eigenvalue weighted by atomic mass is 9.73. The van der Waals surface area contributed by atoms with Crippen LogP contribution in [0.15, 0.2) is 35.9 Å². The maximum absolute atomic E-state index is 12.5. The van der Waals surface area contributed by atoms with Crippen molar-refractivity contribution in [1.82, 2.24) is 0 Å². The third-order valence-corrected chi connectivity index (χ3v) is 5.51. The zero-order chi connectivity index (χ0) is 20.3. The van der Waals surface area contributed by atoms with Crippen molar-refractivity contribution in [3.05, 3.63) is 41.5 Å². The van der Waals surface area contributed by atoms with Crippen molar-refractivity contribution in [2.75, 3.05) is 18.1 Å². The first-order valence-corrected chi connectivity index (χ1v) is 9.87. The van der Waals surface area contributed by atoms with Crippen molar-refractivity contribution in [1.29, 1.82) is 0 Å². The minimum atomic E-state index is -0.405. The van der Waals surface area contributed by atoms with Gasteiger partial charge >= 0.3 is 5.97 Å². The van der Waals surface area contributed by atoms with E-state index in [1.54, 1.807) is 31.2 Å². The minimum absolute atomic E-state index is 0.0854. The van der Waals surface area contributed by atoms with Crippen LogP contribution in [0.1, 0.15) is 56.8 Å². The molecule has 2 amide bonds. The zero-order valence-electron chi connectivity index (χ0n) is 16.7. The highest BCUT2D eigenvalue weighted by Gasteiger charge is 2.48. The maximum Gasteiger partial charge on any atom is 0.338 e. The lowest BCUT2D eigenvalue weighted by Gasteiger charge is -2.49. The van der Waals surface area contributed by atoms with Gasteiger partial charge in [-0.3, -0.25) is 9.59 Å². The summed E-state index contributed by atoms with van der Waals surface area (Å²) in [5, 5.41) is 0. The normalized spacial score (nSPS) is 24.2. The molecule has 1 saturated heterocycles. The number of hydrogen-bond donors (Lipinski definition) is 0. The van der Waals surface area contributed by atoms with Gasteiger partial charge in [0.25, 0.3) is 11.8 Å². The van der Waals surface area contributed by atoms with Crippen LogP contribution in [0.3, 0.4) is 0 Å². The van der Waals surface area contributed by atoms with Gasteiger partial charge in [-0.25, -0.2) is 9.69 Å². The molecule has 28 heavy (non-hydrogen) atoms. The van der Waals surface area contributed by atoms with E-state index in [1.807, 2.05) is 0 Å². The van der Waals surface area contributed by atoms with E-state index in [-0.39, 0.29) is 23.3 Å². The molecule has 1 aromatic rings. The summed E-state index contributed by atoms with van der Waals surface area (Å²) in [6.45, 7) is 6.83. The summed E-state index contributed by atoms with van der Waals surface area (Å²) in [7, 11) is 0. The topological polar surface area (TPSA) is 72.9 Å². The summed E-state index contributed by atoms with van der Waals surface area (Å²) in [5.41, 5.74) is 1.15. The molecule has 0 aliphatic carbocycles. The first kappa shape index (κ1) is 20.3. The van der Waals surface area contributed by atoms with Crippen molar-refractivity contribution in [3.63, 3.8) is 0 Å². The molecule has 2 unspecified atom stereocenters. The van der Waals surface area contributed by atoms with Crippen LogP contribution in [-0.2, 0) is 19.1 Å². The van der Waals surface area contributed by atoms with Crippen molar-refractivity contribution in [3.8, 4) is 0 Å². The van der Waals surface area contributed by atoms with Gasteiger partial charge in [0.2, 0.25) is 0 Å². The van der Waals surface area contributed by atoms with Gasteiger partial charge in [-0.05, 0) is 44.0 Å². The van der Waals surface area contributed by atoms with Gasteiger partial charge in [-0.1, -0.05) is 26.7 Å². The quantitative estimate of drug-likeness (QED) is 0.504. The number of hydrogen-bond acceptors (Lipinski definition) is 5. The molecule has 0 saturated carbocycles. The second kappa shape index (κ2) is 8.27. The van der Waals surface area contributed by atoms with Crippen LogP contribution in [0, 0.1) is 5.41 Å². The Morgan fingerprint density at radius 1 is 1.21 bits per heavy atom. The highest BCUT2D eigenvalue weighted by atomic mass is 16.6. The third-order valence-electron chi connectivity index (χ3n) is 5.51. The van der Waals surface area contributed by atoms with E-state index in [0.29, 0.717) is 30.0 Å². The lowest BCUT2D eigenvalue weighted by molar-refractivity contribution is -0.210. The standard InChI is InChI=1S/C22H27NO5/c1-4-6-18-22(11-5-2,13-27-18)14-28-21(26)16-7-9-17(10-8-16)23-19(24)12-15(3)20(23)25/h7-10,12,18H,4-6,11,13-14H2,1-3H3. The van der Waals surface area contributed by atoms with Crippen molar-refractivity contribution in [2.24, 2.45) is 5.41 Å². The Bertz CT molecular complexity index is 798. The number of esters is 1. The fourth-order valence-corrected chi connectivity index (χ4v) is 3.90. The number of anilines is 1. The van der Waals surface area contributed by atoms with Crippen LogP contribution in [-0.4, -0.2) is 37.1 Å². The molecule has 1 aromatic carbocycles. The number of rotatable bonds is 8. The Hall–Kier alpha value is -2.47. The summed E-state index contributed by atoms with van der Waals surface area (Å²) in [4.78, 5) is 37.6. The largest absolute Gasteiger partial charge is 0.461 e. The highest BCUT2D eigenvalue weighted by Crippen LogP contribution is 2.42. The fraction of sp³-hybridized carbons (Fsp3) is 0.500. The van der Waals surface area contributed by atoms with Crippen LogP contribution in [0.4, 0.5) is 5.69 Å². The van der Waals surface area contributed by atoms with E-state index in [4.69, 9.17) is 9.47 Å². The van der Waals surface area contributed by atoms with Crippen molar-refractivity contribution in [2.45, 2.75) is 52.6 Å². The van der Waals surface area contributed by atoms with Gasteiger partial charge in [0.1, 0.15) is 6.61 Å². The monoisotopic (exact) mass is 385 g/mol. The number of carbonyl (C=O) groups is 3. The van der Waals surface area contributed by atoms with E-state index >= 15 is 0 Å². The van der Waals surface area contributed by atoms with Gasteiger partial charge < -0.3 is 9.47 Å². The molecule has 2 atom stereocenters. The van der Waals surface area contributed by atoms with E-state index < -0.39 is 5.97 Å². The second-order valence-corrected chi connectivity index (χ2v) is 7.63. The number of amides is 2. The Labute approximate surface area is 165 Å². The number of ether oxygens (including phenoxy) is 2. The molecule has 150 valence electrons. The number of imide groups is 1. The molecule has 2 aliphatic heterocycles. The van der Waals surface area contributed by atoms with Crippen LogP contribution in [0.5, 0.6) is 0 Å². The van der Waals surface area contributed by atoms with E-state index in [1.165, 1.54) is 6.08 Å².